The molecule has 11 nitrogen and oxygen atoms in total. The van der Waals surface area contributed by atoms with Crippen LogP contribution in [0.3, 0.4) is 0 Å². The smallest absolute Gasteiger partial charge is 0.210 e. The van der Waals surface area contributed by atoms with Crippen LogP contribution in [-0.4, -0.2) is 52.7 Å². The number of allylic oxidation sites excluding steroid dienone is 1. The van der Waals surface area contributed by atoms with Crippen LogP contribution >= 0.6 is 11.6 Å². The topological polar surface area (TPSA) is 138 Å². The van der Waals surface area contributed by atoms with Crippen molar-refractivity contribution in [2.45, 2.75) is 33.8 Å². The Morgan fingerprint density at radius 1 is 1.29 bits per heavy atom. The number of ether oxygens (including phenoxy) is 1. The van der Waals surface area contributed by atoms with Crippen LogP contribution in [0, 0.1) is 10.8 Å². The molecule has 4 aromatic heterocycles. The molecule has 35 heavy (non-hydrogen) atoms. The number of nitrogens with one attached hydrogen (secondary N) is 3. The summed E-state index contributed by atoms with van der Waals surface area (Å²) in [4.78, 5) is 13.0. The van der Waals surface area contributed by atoms with Gasteiger partial charge in [-0.1, -0.05) is 32.4 Å². The van der Waals surface area contributed by atoms with Crippen molar-refractivity contribution >= 4 is 40.1 Å². The summed E-state index contributed by atoms with van der Waals surface area (Å²) >= 11 is 6.68. The maximum atomic E-state index is 9.62. The lowest BCUT2D eigenvalue weighted by Gasteiger charge is -2.25. The van der Waals surface area contributed by atoms with E-state index in [1.807, 2.05) is 20.8 Å². The fourth-order valence-corrected chi connectivity index (χ4v) is 3.70. The first kappa shape index (κ1) is 24.4. The third kappa shape index (κ3) is 5.20. The lowest BCUT2D eigenvalue weighted by atomic mass is 9.91. The summed E-state index contributed by atoms with van der Waals surface area (Å²) in [6.45, 7) is 8.18. The summed E-state index contributed by atoms with van der Waals surface area (Å²) in [6, 6.07) is 0. The second kappa shape index (κ2) is 9.51. The van der Waals surface area contributed by atoms with E-state index in [9.17, 15) is 5.11 Å². The standard InChI is InChI=1S/C23H28ClN9O2/c1-13(34)9-27-17(23(2,3)4)8-18(25)30-22-31-21-20(32(22)5)19(24)16(11-28-21)35-15-12-29-33-7-6-26-10-14(15)33/h6-8,10-13,27,34H,9H2,1-5H3,(H2,25,28,30,31)/b17-8-. The quantitative estimate of drug-likeness (QED) is 0.224. The van der Waals surface area contributed by atoms with Gasteiger partial charge in [0.2, 0.25) is 5.95 Å². The number of amidine groups is 1. The SMILES string of the molecule is CC(O)CN/C(=C\C(=N)Nc1nc2ncc(Oc3cnn4ccncc34)c(Cl)c2n1C)C(C)(C)C. The number of aliphatic hydroxyl groups excluding tert-OH is 1. The second-order valence-corrected chi connectivity index (χ2v) is 9.57. The Kier molecular flexibility index (Phi) is 6.64. The van der Waals surface area contributed by atoms with E-state index in [0.717, 1.165) is 5.70 Å². The highest BCUT2D eigenvalue weighted by Gasteiger charge is 2.20. The van der Waals surface area contributed by atoms with Gasteiger partial charge in [0, 0.05) is 37.1 Å². The van der Waals surface area contributed by atoms with Crippen LogP contribution in [0.4, 0.5) is 5.95 Å². The average molecular weight is 498 g/mol. The van der Waals surface area contributed by atoms with Crippen molar-refractivity contribution < 1.29 is 9.84 Å². The number of aliphatic hydroxyl groups is 1. The number of aromatic nitrogens is 6. The van der Waals surface area contributed by atoms with E-state index in [1.165, 1.54) is 6.20 Å². The van der Waals surface area contributed by atoms with Crippen molar-refractivity contribution in [2.75, 3.05) is 11.9 Å². The minimum atomic E-state index is -0.510. The molecule has 0 saturated carbocycles. The van der Waals surface area contributed by atoms with Gasteiger partial charge in [0.25, 0.3) is 0 Å². The molecule has 184 valence electrons. The minimum Gasteiger partial charge on any atom is -0.450 e. The van der Waals surface area contributed by atoms with Crippen LogP contribution in [0.15, 0.2) is 42.8 Å². The number of halogens is 1. The Balaban J connectivity index is 1.61. The number of hydrogen-bond donors (Lipinski definition) is 4. The zero-order valence-electron chi connectivity index (χ0n) is 20.2. The molecule has 0 aliphatic carbocycles. The molecule has 1 unspecified atom stereocenters. The highest BCUT2D eigenvalue weighted by atomic mass is 35.5. The molecule has 4 aromatic rings. The van der Waals surface area contributed by atoms with Crippen molar-refractivity contribution in [3.8, 4) is 11.5 Å². The van der Waals surface area contributed by atoms with Gasteiger partial charge in [-0.25, -0.2) is 9.50 Å². The van der Waals surface area contributed by atoms with Crippen LogP contribution in [0.2, 0.25) is 5.02 Å². The van der Waals surface area contributed by atoms with Crippen molar-refractivity contribution in [3.05, 3.63) is 47.8 Å². The number of hydrogen-bond acceptors (Lipinski definition) is 8. The maximum absolute atomic E-state index is 9.62. The number of nitrogens with zero attached hydrogens (tertiary/aromatic N) is 6. The van der Waals surface area contributed by atoms with Crippen molar-refractivity contribution in [3.63, 3.8) is 0 Å². The van der Waals surface area contributed by atoms with Gasteiger partial charge in [-0.2, -0.15) is 10.1 Å². The minimum absolute atomic E-state index is 0.123. The fraction of sp³-hybridized carbons (Fsp3) is 0.348. The van der Waals surface area contributed by atoms with E-state index in [2.05, 4.69) is 30.7 Å². The molecular formula is C23H28ClN9O2. The summed E-state index contributed by atoms with van der Waals surface area (Å²) in [5, 5.41) is 28.9. The van der Waals surface area contributed by atoms with E-state index in [1.54, 1.807) is 53.9 Å². The van der Waals surface area contributed by atoms with Gasteiger partial charge in [-0.15, -0.1) is 0 Å². The molecular weight excluding hydrogens is 470 g/mol. The maximum Gasteiger partial charge on any atom is 0.210 e. The number of fused-ring (bicyclic) bond motifs is 2. The molecule has 0 fully saturated rings. The van der Waals surface area contributed by atoms with Crippen LogP contribution in [0.5, 0.6) is 11.5 Å². The molecule has 0 amide bonds. The third-order valence-corrected chi connectivity index (χ3v) is 5.61. The first-order chi connectivity index (χ1) is 16.5. The Labute approximate surface area is 207 Å². The highest BCUT2D eigenvalue weighted by molar-refractivity contribution is 6.36. The molecule has 0 saturated heterocycles. The molecule has 0 spiro atoms. The lowest BCUT2D eigenvalue weighted by molar-refractivity contribution is 0.192. The molecule has 0 aromatic carbocycles. The van der Waals surface area contributed by atoms with E-state index in [4.69, 9.17) is 21.7 Å². The van der Waals surface area contributed by atoms with Crippen LogP contribution in [0.25, 0.3) is 16.7 Å². The molecule has 0 aliphatic rings. The van der Waals surface area contributed by atoms with Crippen LogP contribution < -0.4 is 15.4 Å². The monoisotopic (exact) mass is 497 g/mol. The Hall–Kier alpha value is -3.70. The first-order valence-electron chi connectivity index (χ1n) is 11.0. The van der Waals surface area contributed by atoms with Gasteiger partial charge in [0.15, 0.2) is 17.1 Å². The predicted octanol–water partition coefficient (Wildman–Crippen LogP) is 3.75. The van der Waals surface area contributed by atoms with E-state index >= 15 is 0 Å². The number of aryl methyl sites for hydroxylation is 1. The Morgan fingerprint density at radius 3 is 2.77 bits per heavy atom. The van der Waals surface area contributed by atoms with Gasteiger partial charge < -0.3 is 25.0 Å². The Bertz CT molecular complexity index is 1420. The molecule has 12 heteroatoms. The van der Waals surface area contributed by atoms with Crippen molar-refractivity contribution in [1.82, 2.24) is 34.4 Å². The van der Waals surface area contributed by atoms with E-state index in [0.29, 0.717) is 45.7 Å². The van der Waals surface area contributed by atoms with Gasteiger partial charge in [0.1, 0.15) is 21.9 Å². The fourth-order valence-electron chi connectivity index (χ4n) is 3.40. The summed E-state index contributed by atoms with van der Waals surface area (Å²) < 4.78 is 9.36. The molecule has 1 atom stereocenters. The average Bonchev–Trinajstić information content (AvgIpc) is 3.33. The van der Waals surface area contributed by atoms with Gasteiger partial charge in [-0.3, -0.25) is 10.4 Å². The number of rotatable bonds is 7. The van der Waals surface area contributed by atoms with Crippen molar-refractivity contribution in [1.29, 1.82) is 5.41 Å². The summed E-state index contributed by atoms with van der Waals surface area (Å²) in [5.74, 6) is 1.36. The first-order valence-corrected chi connectivity index (χ1v) is 11.4. The summed E-state index contributed by atoms with van der Waals surface area (Å²) in [5.41, 5.74) is 2.22. The molecule has 0 aliphatic heterocycles. The normalized spacial score (nSPS) is 13.3. The van der Waals surface area contributed by atoms with E-state index < -0.39 is 6.10 Å². The van der Waals surface area contributed by atoms with Crippen LogP contribution in [-0.2, 0) is 7.05 Å². The number of pyridine rings is 1. The zero-order valence-corrected chi connectivity index (χ0v) is 20.9. The highest BCUT2D eigenvalue weighted by Crippen LogP contribution is 2.36. The lowest BCUT2D eigenvalue weighted by Crippen LogP contribution is -2.31. The number of imidazole rings is 1. The largest absolute Gasteiger partial charge is 0.450 e. The van der Waals surface area contributed by atoms with Crippen LogP contribution in [0.1, 0.15) is 27.7 Å². The predicted molar refractivity (Wildman–Crippen MR) is 135 cm³/mol. The van der Waals surface area contributed by atoms with Gasteiger partial charge in [0.05, 0.1) is 24.7 Å². The zero-order chi connectivity index (χ0) is 25.3. The van der Waals surface area contributed by atoms with Gasteiger partial charge >= 0.3 is 0 Å². The molecule has 4 rings (SSSR count). The van der Waals surface area contributed by atoms with E-state index in [-0.39, 0.29) is 11.3 Å². The summed E-state index contributed by atoms with van der Waals surface area (Å²) in [7, 11) is 1.78. The summed E-state index contributed by atoms with van der Waals surface area (Å²) in [6.07, 6.45) is 9.27. The van der Waals surface area contributed by atoms with Crippen molar-refractivity contribution in [2.24, 2.45) is 12.5 Å². The molecule has 0 bridgehead atoms. The van der Waals surface area contributed by atoms with Gasteiger partial charge in [-0.05, 0) is 13.0 Å². The molecule has 4 heterocycles. The molecule has 4 N–H and O–H groups in total. The Morgan fingerprint density at radius 2 is 2.06 bits per heavy atom. The number of anilines is 1. The second-order valence-electron chi connectivity index (χ2n) is 9.20. The third-order valence-electron chi connectivity index (χ3n) is 5.25. The molecule has 0 radical (unpaired) electrons.